The molecule has 2 heterocycles. The van der Waals surface area contributed by atoms with Crippen LogP contribution >= 0.6 is 11.3 Å². The lowest BCUT2D eigenvalue weighted by Crippen LogP contribution is -2.22. The molecule has 0 spiro atoms. The van der Waals surface area contributed by atoms with E-state index >= 15 is 0 Å². The first-order valence-electron chi connectivity index (χ1n) is 8.30. The molecule has 1 unspecified atom stereocenters. The van der Waals surface area contributed by atoms with Gasteiger partial charge < -0.3 is 14.8 Å². The maximum absolute atomic E-state index is 12.4. The van der Waals surface area contributed by atoms with E-state index in [1.807, 2.05) is 30.3 Å². The van der Waals surface area contributed by atoms with Crippen LogP contribution in [0.3, 0.4) is 0 Å². The summed E-state index contributed by atoms with van der Waals surface area (Å²) in [6.45, 7) is 2.54. The highest BCUT2D eigenvalue weighted by atomic mass is 32.1. The van der Waals surface area contributed by atoms with Gasteiger partial charge in [-0.05, 0) is 42.3 Å². The Bertz CT molecular complexity index is 922. The number of carbonyl (C=O) groups excluding carboxylic acids is 1. The molecule has 1 aromatic heterocycles. The van der Waals surface area contributed by atoms with Gasteiger partial charge in [0.05, 0.1) is 15.7 Å². The number of nitrogens with zero attached hydrogens (tertiary/aromatic N) is 1. The van der Waals surface area contributed by atoms with Gasteiger partial charge in [-0.2, -0.15) is 0 Å². The number of hydrogen-bond acceptors (Lipinski definition) is 5. The Labute approximate surface area is 149 Å². The van der Waals surface area contributed by atoms with Gasteiger partial charge in [0, 0.05) is 18.5 Å². The Morgan fingerprint density at radius 1 is 1.20 bits per heavy atom. The molecule has 1 N–H and O–H groups in total. The maximum atomic E-state index is 12.4. The Morgan fingerprint density at radius 3 is 2.96 bits per heavy atom. The minimum atomic E-state index is -0.198. The normalized spacial score (nSPS) is 15.5. The van der Waals surface area contributed by atoms with Gasteiger partial charge in [0.2, 0.25) is 6.29 Å². The molecule has 3 aromatic rings. The van der Waals surface area contributed by atoms with Crippen molar-refractivity contribution < 1.29 is 14.3 Å². The number of benzene rings is 2. The zero-order chi connectivity index (χ0) is 17.2. The molecule has 0 radical (unpaired) electrons. The second-order valence-electron chi connectivity index (χ2n) is 5.95. The summed E-state index contributed by atoms with van der Waals surface area (Å²) in [6.07, 6.45) is 1.67. The first-order valence-corrected chi connectivity index (χ1v) is 9.18. The van der Waals surface area contributed by atoms with Gasteiger partial charge >= 0.3 is 0 Å². The third kappa shape index (κ3) is 3.30. The van der Waals surface area contributed by atoms with E-state index in [0.717, 1.165) is 40.1 Å². The van der Waals surface area contributed by atoms with Crippen LogP contribution in [0.2, 0.25) is 0 Å². The summed E-state index contributed by atoms with van der Waals surface area (Å²) in [5.41, 5.74) is 4.32. The quantitative estimate of drug-likeness (QED) is 0.749. The number of carbonyl (C=O) groups is 1. The Morgan fingerprint density at radius 2 is 2.08 bits per heavy atom. The second kappa shape index (κ2) is 6.72. The van der Waals surface area contributed by atoms with Crippen LogP contribution in [0.5, 0.6) is 11.5 Å². The molecule has 1 amide bonds. The third-order valence-electron chi connectivity index (χ3n) is 4.10. The standard InChI is InChI=1S/C19H18N2O3S/c1-2-3-18-23-15-7-4-12(8-16(15)24-18)10-20-19(22)13-5-6-14-17(9-13)25-11-21-14/h4-9,11,18H,2-3,10H2,1H3,(H,20,22). The van der Waals surface area contributed by atoms with Gasteiger partial charge in [0.1, 0.15) is 0 Å². The zero-order valence-electron chi connectivity index (χ0n) is 13.8. The van der Waals surface area contributed by atoms with Crippen molar-refractivity contribution in [2.24, 2.45) is 0 Å². The van der Waals surface area contributed by atoms with E-state index in [-0.39, 0.29) is 12.2 Å². The van der Waals surface area contributed by atoms with Crippen molar-refractivity contribution in [3.05, 3.63) is 53.0 Å². The summed E-state index contributed by atoms with van der Waals surface area (Å²) in [5, 5.41) is 2.95. The van der Waals surface area contributed by atoms with Crippen LogP contribution in [0.1, 0.15) is 35.7 Å². The van der Waals surface area contributed by atoms with Crippen molar-refractivity contribution in [3.63, 3.8) is 0 Å². The van der Waals surface area contributed by atoms with E-state index < -0.39 is 0 Å². The summed E-state index contributed by atoms with van der Waals surface area (Å²) in [4.78, 5) is 16.6. The van der Waals surface area contributed by atoms with Gasteiger partial charge in [-0.3, -0.25) is 4.79 Å². The summed E-state index contributed by atoms with van der Waals surface area (Å²) >= 11 is 1.53. The van der Waals surface area contributed by atoms with Crippen LogP contribution in [-0.4, -0.2) is 17.2 Å². The monoisotopic (exact) mass is 354 g/mol. The van der Waals surface area contributed by atoms with Crippen LogP contribution in [0.4, 0.5) is 0 Å². The Kier molecular flexibility index (Phi) is 4.28. The van der Waals surface area contributed by atoms with E-state index in [1.54, 1.807) is 11.6 Å². The highest BCUT2D eigenvalue weighted by molar-refractivity contribution is 7.16. The van der Waals surface area contributed by atoms with Gasteiger partial charge in [0.25, 0.3) is 5.91 Å². The zero-order valence-corrected chi connectivity index (χ0v) is 14.6. The molecule has 4 rings (SSSR count). The Balaban J connectivity index is 1.41. The first kappa shape index (κ1) is 15.9. The van der Waals surface area contributed by atoms with E-state index in [4.69, 9.17) is 9.47 Å². The van der Waals surface area contributed by atoms with E-state index in [1.165, 1.54) is 11.3 Å². The topological polar surface area (TPSA) is 60.5 Å². The molecule has 25 heavy (non-hydrogen) atoms. The molecule has 128 valence electrons. The maximum Gasteiger partial charge on any atom is 0.251 e. The molecule has 5 nitrogen and oxygen atoms in total. The van der Waals surface area contributed by atoms with Crippen molar-refractivity contribution in [2.75, 3.05) is 0 Å². The highest BCUT2D eigenvalue weighted by Crippen LogP contribution is 2.36. The molecule has 6 heteroatoms. The predicted octanol–water partition coefficient (Wildman–Crippen LogP) is 4.12. The molecule has 0 fully saturated rings. The lowest BCUT2D eigenvalue weighted by molar-refractivity contribution is 0.0413. The highest BCUT2D eigenvalue weighted by Gasteiger charge is 2.23. The van der Waals surface area contributed by atoms with Gasteiger partial charge in [-0.25, -0.2) is 4.98 Å². The number of aromatic nitrogens is 1. The summed E-state index contributed by atoms with van der Waals surface area (Å²) in [5.74, 6) is 1.41. The predicted molar refractivity (Wildman–Crippen MR) is 97.2 cm³/mol. The number of fused-ring (bicyclic) bond motifs is 2. The van der Waals surface area contributed by atoms with Crippen LogP contribution in [0.25, 0.3) is 10.2 Å². The van der Waals surface area contributed by atoms with Gasteiger partial charge in [-0.15, -0.1) is 11.3 Å². The van der Waals surface area contributed by atoms with Crippen molar-refractivity contribution in [2.45, 2.75) is 32.6 Å². The number of thiazole rings is 1. The molecule has 0 saturated heterocycles. The molecule has 2 aromatic carbocycles. The summed E-state index contributed by atoms with van der Waals surface area (Å²) in [6, 6.07) is 11.3. The number of hydrogen-bond donors (Lipinski definition) is 1. The average molecular weight is 354 g/mol. The molecular weight excluding hydrogens is 336 g/mol. The molecule has 1 atom stereocenters. The number of ether oxygens (including phenoxy) is 2. The van der Waals surface area contributed by atoms with Crippen LogP contribution in [0, 0.1) is 0 Å². The summed E-state index contributed by atoms with van der Waals surface area (Å²) < 4.78 is 12.5. The molecule has 1 aliphatic heterocycles. The first-order chi connectivity index (χ1) is 12.2. The van der Waals surface area contributed by atoms with Crippen molar-refractivity contribution in [1.82, 2.24) is 10.3 Å². The molecule has 1 aliphatic rings. The summed E-state index contributed by atoms with van der Waals surface area (Å²) in [7, 11) is 0. The van der Waals surface area contributed by atoms with E-state index in [2.05, 4.69) is 17.2 Å². The molecular formula is C19H18N2O3S. The van der Waals surface area contributed by atoms with Gasteiger partial charge in [-0.1, -0.05) is 13.0 Å². The van der Waals surface area contributed by atoms with Crippen LogP contribution in [0.15, 0.2) is 41.9 Å². The van der Waals surface area contributed by atoms with Crippen LogP contribution in [-0.2, 0) is 6.54 Å². The van der Waals surface area contributed by atoms with Crippen molar-refractivity contribution in [3.8, 4) is 11.5 Å². The van der Waals surface area contributed by atoms with Crippen molar-refractivity contribution >= 4 is 27.5 Å². The number of rotatable bonds is 5. The fourth-order valence-corrected chi connectivity index (χ4v) is 3.51. The fourth-order valence-electron chi connectivity index (χ4n) is 2.79. The SMILES string of the molecule is CCCC1Oc2ccc(CNC(=O)c3ccc4ncsc4c3)cc2O1. The molecule has 0 bridgehead atoms. The van der Waals surface area contributed by atoms with E-state index in [0.29, 0.717) is 12.1 Å². The van der Waals surface area contributed by atoms with Crippen molar-refractivity contribution in [1.29, 1.82) is 0 Å². The lowest BCUT2D eigenvalue weighted by Gasteiger charge is -2.07. The third-order valence-corrected chi connectivity index (χ3v) is 4.89. The minimum Gasteiger partial charge on any atom is -0.451 e. The average Bonchev–Trinajstić information content (AvgIpc) is 3.24. The number of amides is 1. The number of nitrogens with one attached hydrogen (secondary N) is 1. The lowest BCUT2D eigenvalue weighted by atomic mass is 10.1. The van der Waals surface area contributed by atoms with Crippen LogP contribution < -0.4 is 14.8 Å². The Hall–Kier alpha value is -2.60. The largest absolute Gasteiger partial charge is 0.451 e. The smallest absolute Gasteiger partial charge is 0.251 e. The fraction of sp³-hybridized carbons (Fsp3) is 0.263. The molecule has 0 saturated carbocycles. The van der Waals surface area contributed by atoms with Gasteiger partial charge in [0.15, 0.2) is 11.5 Å². The minimum absolute atomic E-state index is 0.100. The molecule has 0 aliphatic carbocycles. The second-order valence-corrected chi connectivity index (χ2v) is 6.84. The van der Waals surface area contributed by atoms with E-state index in [9.17, 15) is 4.79 Å².